The number of hydrogen-bond donors (Lipinski definition) is 2. The monoisotopic (exact) mass is 308 g/mol. The quantitative estimate of drug-likeness (QED) is 0.492. The molecule has 3 aromatic carbocycles. The molecule has 0 spiro atoms. The molecule has 0 aliphatic rings. The Hall–Kier alpha value is -3.62. The van der Waals surface area contributed by atoms with Crippen LogP contribution in [0.15, 0.2) is 72.8 Å². The Bertz CT molecular complexity index is 883. The van der Waals surface area contributed by atoms with Crippen LogP contribution in [0.1, 0.15) is 22.3 Å². The third-order valence-corrected chi connectivity index (χ3v) is 3.45. The molecule has 0 aromatic heterocycles. The molecule has 0 saturated carbocycles. The van der Waals surface area contributed by atoms with Crippen molar-refractivity contribution in [1.82, 2.24) is 0 Å². The number of benzene rings is 3. The molecule has 0 bridgehead atoms. The van der Waals surface area contributed by atoms with E-state index >= 15 is 0 Å². The summed E-state index contributed by atoms with van der Waals surface area (Å²) < 4.78 is 0. The Morgan fingerprint density at radius 1 is 0.500 bits per heavy atom. The molecule has 114 valence electrons. The summed E-state index contributed by atoms with van der Waals surface area (Å²) in [7, 11) is 0. The van der Waals surface area contributed by atoms with Gasteiger partial charge in [0.1, 0.15) is 0 Å². The molecular weight excluding hydrogens is 292 g/mol. The molecule has 0 atom stereocenters. The lowest BCUT2D eigenvalue weighted by Crippen LogP contribution is -1.97. The van der Waals surface area contributed by atoms with E-state index in [2.05, 4.69) is 23.7 Å². The van der Waals surface area contributed by atoms with Crippen molar-refractivity contribution in [3.05, 3.63) is 95.1 Å². The highest BCUT2D eigenvalue weighted by atomic mass is 14.6. The first-order valence-electron chi connectivity index (χ1n) is 7.55. The Morgan fingerprint density at radius 3 is 1.25 bits per heavy atom. The summed E-state index contributed by atoms with van der Waals surface area (Å²) in [4.78, 5) is 0. The van der Waals surface area contributed by atoms with Crippen molar-refractivity contribution in [2.45, 2.75) is 0 Å². The van der Waals surface area contributed by atoms with Crippen LogP contribution in [-0.2, 0) is 0 Å². The minimum Gasteiger partial charge on any atom is -0.398 e. The highest BCUT2D eigenvalue weighted by Gasteiger charge is 2.02. The zero-order chi connectivity index (χ0) is 16.8. The summed E-state index contributed by atoms with van der Waals surface area (Å²) in [5.41, 5.74) is 16.6. The van der Waals surface area contributed by atoms with Gasteiger partial charge in [0.2, 0.25) is 0 Å². The van der Waals surface area contributed by atoms with E-state index in [0.29, 0.717) is 22.5 Å². The zero-order valence-corrected chi connectivity index (χ0v) is 13.1. The minimum atomic E-state index is 0.574. The molecule has 0 radical (unpaired) electrons. The van der Waals surface area contributed by atoms with E-state index in [9.17, 15) is 0 Å². The van der Waals surface area contributed by atoms with Gasteiger partial charge in [0.25, 0.3) is 0 Å². The standard InChI is InChI=1S/C22H16N2/c23-21-16-20(14-12-18-9-5-2-6-10-18)22(24)15-19(21)13-11-17-7-3-1-4-8-17/h1-10,15-16H,23-24H2. The minimum absolute atomic E-state index is 0.574. The van der Waals surface area contributed by atoms with Gasteiger partial charge < -0.3 is 11.5 Å². The van der Waals surface area contributed by atoms with Gasteiger partial charge in [-0.25, -0.2) is 0 Å². The van der Waals surface area contributed by atoms with Crippen molar-refractivity contribution in [1.29, 1.82) is 0 Å². The van der Waals surface area contributed by atoms with E-state index in [4.69, 9.17) is 11.5 Å². The topological polar surface area (TPSA) is 52.0 Å². The normalized spacial score (nSPS) is 9.33. The van der Waals surface area contributed by atoms with Crippen molar-refractivity contribution in [3.8, 4) is 23.7 Å². The van der Waals surface area contributed by atoms with Gasteiger partial charge in [-0.15, -0.1) is 0 Å². The molecule has 0 heterocycles. The number of nitrogen functional groups attached to an aromatic ring is 2. The third kappa shape index (κ3) is 3.77. The van der Waals surface area contributed by atoms with Crippen LogP contribution >= 0.6 is 0 Å². The van der Waals surface area contributed by atoms with Gasteiger partial charge >= 0.3 is 0 Å². The van der Waals surface area contributed by atoms with Gasteiger partial charge in [-0.3, -0.25) is 0 Å². The van der Waals surface area contributed by atoms with Gasteiger partial charge in [-0.2, -0.15) is 0 Å². The van der Waals surface area contributed by atoms with E-state index < -0.39 is 0 Å². The molecule has 3 rings (SSSR count). The highest BCUT2D eigenvalue weighted by Crippen LogP contribution is 2.20. The van der Waals surface area contributed by atoms with Gasteiger partial charge in [0.05, 0.1) is 0 Å². The Balaban J connectivity index is 1.90. The summed E-state index contributed by atoms with van der Waals surface area (Å²) >= 11 is 0. The van der Waals surface area contributed by atoms with Crippen LogP contribution in [0.3, 0.4) is 0 Å². The molecule has 0 amide bonds. The average Bonchev–Trinajstić information content (AvgIpc) is 2.62. The van der Waals surface area contributed by atoms with Crippen LogP contribution < -0.4 is 11.5 Å². The van der Waals surface area contributed by atoms with Crippen LogP contribution in [0, 0.1) is 23.7 Å². The van der Waals surface area contributed by atoms with E-state index in [1.165, 1.54) is 0 Å². The van der Waals surface area contributed by atoms with Gasteiger partial charge in [0, 0.05) is 33.6 Å². The third-order valence-electron chi connectivity index (χ3n) is 3.45. The zero-order valence-electron chi connectivity index (χ0n) is 13.1. The van der Waals surface area contributed by atoms with Crippen LogP contribution in [0.2, 0.25) is 0 Å². The summed E-state index contributed by atoms with van der Waals surface area (Å²) in [6.07, 6.45) is 0. The SMILES string of the molecule is Nc1cc(C#Cc2ccccc2)c(N)cc1C#Cc1ccccc1. The summed E-state index contributed by atoms with van der Waals surface area (Å²) in [6.45, 7) is 0. The number of hydrogen-bond acceptors (Lipinski definition) is 2. The van der Waals surface area contributed by atoms with Crippen molar-refractivity contribution < 1.29 is 0 Å². The lowest BCUT2D eigenvalue weighted by molar-refractivity contribution is 1.57. The molecule has 0 fully saturated rings. The van der Waals surface area contributed by atoms with E-state index in [-0.39, 0.29) is 0 Å². The van der Waals surface area contributed by atoms with Crippen LogP contribution in [-0.4, -0.2) is 0 Å². The van der Waals surface area contributed by atoms with Crippen molar-refractivity contribution in [2.75, 3.05) is 11.5 Å². The molecule has 0 aliphatic carbocycles. The predicted molar refractivity (Wildman–Crippen MR) is 100 cm³/mol. The van der Waals surface area contributed by atoms with Crippen LogP contribution in [0.4, 0.5) is 11.4 Å². The van der Waals surface area contributed by atoms with Gasteiger partial charge in [-0.1, -0.05) is 60.1 Å². The molecule has 0 saturated heterocycles. The Kier molecular flexibility index (Phi) is 4.52. The first-order valence-corrected chi connectivity index (χ1v) is 7.55. The lowest BCUT2D eigenvalue weighted by Gasteiger charge is -2.03. The molecule has 2 heteroatoms. The van der Waals surface area contributed by atoms with E-state index in [1.54, 1.807) is 12.1 Å². The maximum Gasteiger partial charge on any atom is 0.0500 e. The van der Waals surface area contributed by atoms with Gasteiger partial charge in [0.15, 0.2) is 0 Å². The van der Waals surface area contributed by atoms with Crippen LogP contribution in [0.25, 0.3) is 0 Å². The Morgan fingerprint density at radius 2 is 0.875 bits per heavy atom. The number of nitrogens with two attached hydrogens (primary N) is 2. The maximum absolute atomic E-state index is 6.10. The summed E-state index contributed by atoms with van der Waals surface area (Å²) in [5, 5.41) is 0. The maximum atomic E-state index is 6.10. The van der Waals surface area contributed by atoms with Crippen molar-refractivity contribution >= 4 is 11.4 Å². The average molecular weight is 308 g/mol. The highest BCUT2D eigenvalue weighted by molar-refractivity contribution is 5.70. The second-order valence-electron chi connectivity index (χ2n) is 5.26. The second-order valence-corrected chi connectivity index (χ2v) is 5.26. The molecule has 24 heavy (non-hydrogen) atoms. The van der Waals surface area contributed by atoms with Gasteiger partial charge in [-0.05, 0) is 36.4 Å². The van der Waals surface area contributed by atoms with Crippen molar-refractivity contribution in [2.24, 2.45) is 0 Å². The molecule has 0 unspecified atom stereocenters. The molecule has 3 aromatic rings. The second kappa shape index (κ2) is 7.09. The van der Waals surface area contributed by atoms with Crippen molar-refractivity contribution in [3.63, 3.8) is 0 Å². The molecule has 2 nitrogen and oxygen atoms in total. The van der Waals surface area contributed by atoms with E-state index in [1.807, 2.05) is 60.7 Å². The molecular formula is C22H16N2. The fraction of sp³-hybridized carbons (Fsp3) is 0. The van der Waals surface area contributed by atoms with Crippen LogP contribution in [0.5, 0.6) is 0 Å². The molecule has 0 aliphatic heterocycles. The first-order chi connectivity index (χ1) is 11.7. The van der Waals surface area contributed by atoms with E-state index in [0.717, 1.165) is 11.1 Å². The first kappa shape index (κ1) is 15.3. The Labute approximate surface area is 142 Å². The summed E-state index contributed by atoms with van der Waals surface area (Å²) in [5.74, 6) is 12.3. The largest absolute Gasteiger partial charge is 0.398 e. The number of rotatable bonds is 0. The molecule has 4 N–H and O–H groups in total. The fourth-order valence-electron chi connectivity index (χ4n) is 2.17. The summed E-state index contributed by atoms with van der Waals surface area (Å²) in [6, 6.07) is 23.1. The fourth-order valence-corrected chi connectivity index (χ4v) is 2.17. The smallest absolute Gasteiger partial charge is 0.0500 e. The number of anilines is 2. The lowest BCUT2D eigenvalue weighted by atomic mass is 10.1. The predicted octanol–water partition coefficient (Wildman–Crippen LogP) is 3.65.